The molecule has 130 valence electrons. The summed E-state index contributed by atoms with van der Waals surface area (Å²) in [6.45, 7) is 2.12. The van der Waals surface area contributed by atoms with Gasteiger partial charge in [0.15, 0.2) is 0 Å². The van der Waals surface area contributed by atoms with E-state index in [-0.39, 0.29) is 23.7 Å². The van der Waals surface area contributed by atoms with E-state index >= 15 is 0 Å². The molecule has 0 saturated carbocycles. The van der Waals surface area contributed by atoms with E-state index < -0.39 is 18.0 Å². The van der Waals surface area contributed by atoms with Gasteiger partial charge >= 0.3 is 6.18 Å². The van der Waals surface area contributed by atoms with Gasteiger partial charge in [-0.1, -0.05) is 5.16 Å². The van der Waals surface area contributed by atoms with Crippen molar-refractivity contribution in [3.63, 3.8) is 0 Å². The molecule has 3 heterocycles. The van der Waals surface area contributed by atoms with E-state index in [1.165, 1.54) is 6.92 Å². The summed E-state index contributed by atoms with van der Waals surface area (Å²) in [6.07, 6.45) is -3.75. The van der Waals surface area contributed by atoms with Gasteiger partial charge in [-0.25, -0.2) is 0 Å². The number of likely N-dealkylation sites (tertiary alicyclic amines) is 1. The molecule has 2 aromatic rings. The first kappa shape index (κ1) is 17.0. The van der Waals surface area contributed by atoms with Crippen LogP contribution >= 0.6 is 11.3 Å². The molecule has 1 aliphatic rings. The lowest BCUT2D eigenvalue weighted by Crippen LogP contribution is -2.41. The first-order chi connectivity index (χ1) is 11.3. The van der Waals surface area contributed by atoms with Gasteiger partial charge in [-0.05, 0) is 31.9 Å². The van der Waals surface area contributed by atoms with Crippen LogP contribution in [0.25, 0.3) is 10.6 Å². The molecule has 1 saturated heterocycles. The van der Waals surface area contributed by atoms with E-state index in [1.807, 2.05) is 0 Å². The highest BCUT2D eigenvalue weighted by atomic mass is 32.1. The molecular weight excluding hydrogens is 345 g/mol. The van der Waals surface area contributed by atoms with Gasteiger partial charge in [0.05, 0.1) is 15.9 Å². The number of amides is 1. The standard InChI is InChI=1S/C15H15F3N2O3S/c1-8-12(19-23-13(8)15(16,17)18)10-4-5-11(24-10)14(22)20-6-2-3-9(21)7-20/h4-5,9,21H,2-3,6-7H2,1H3/t9-/m1/s1. The maximum absolute atomic E-state index is 12.8. The first-order valence-electron chi connectivity index (χ1n) is 7.38. The zero-order valence-electron chi connectivity index (χ0n) is 12.8. The maximum atomic E-state index is 12.8. The predicted octanol–water partition coefficient (Wildman–Crippen LogP) is 3.33. The third-order valence-corrected chi connectivity index (χ3v) is 5.00. The van der Waals surface area contributed by atoms with Gasteiger partial charge in [-0.3, -0.25) is 4.79 Å². The number of hydrogen-bond acceptors (Lipinski definition) is 5. The molecule has 24 heavy (non-hydrogen) atoms. The molecule has 0 bridgehead atoms. The Labute approximate surface area is 139 Å². The summed E-state index contributed by atoms with van der Waals surface area (Å²) in [5.41, 5.74) is -0.0122. The van der Waals surface area contributed by atoms with Crippen molar-refractivity contribution in [1.82, 2.24) is 10.1 Å². The molecule has 3 rings (SSSR count). The third kappa shape index (κ3) is 3.18. The highest BCUT2D eigenvalue weighted by Crippen LogP contribution is 2.38. The molecule has 9 heteroatoms. The number of aliphatic hydroxyl groups excluding tert-OH is 1. The Morgan fingerprint density at radius 1 is 1.46 bits per heavy atom. The number of hydrogen-bond donors (Lipinski definition) is 1. The largest absolute Gasteiger partial charge is 0.452 e. The molecule has 2 aromatic heterocycles. The Kier molecular flexibility index (Phi) is 4.39. The number of nitrogens with zero attached hydrogens (tertiary/aromatic N) is 2. The van der Waals surface area contributed by atoms with Crippen LogP contribution in [0, 0.1) is 6.92 Å². The van der Waals surface area contributed by atoms with Crippen molar-refractivity contribution in [3.05, 3.63) is 28.3 Å². The number of thiophene rings is 1. The number of aromatic nitrogens is 1. The van der Waals surface area contributed by atoms with Gasteiger partial charge in [0.1, 0.15) is 5.69 Å². The smallest absolute Gasteiger partial charge is 0.391 e. The highest BCUT2D eigenvalue weighted by molar-refractivity contribution is 7.17. The van der Waals surface area contributed by atoms with E-state index in [1.54, 1.807) is 17.0 Å². The van der Waals surface area contributed by atoms with Crippen LogP contribution in [0.4, 0.5) is 13.2 Å². The predicted molar refractivity (Wildman–Crippen MR) is 80.7 cm³/mol. The number of piperidine rings is 1. The van der Waals surface area contributed by atoms with Crippen molar-refractivity contribution in [2.45, 2.75) is 32.0 Å². The Morgan fingerprint density at radius 3 is 2.83 bits per heavy atom. The van der Waals surface area contributed by atoms with Gasteiger partial charge < -0.3 is 14.5 Å². The fourth-order valence-corrected chi connectivity index (χ4v) is 3.72. The maximum Gasteiger partial charge on any atom is 0.452 e. The van der Waals surface area contributed by atoms with Crippen LogP contribution in [-0.2, 0) is 6.18 Å². The molecule has 1 N–H and O–H groups in total. The van der Waals surface area contributed by atoms with Crippen LogP contribution in [-0.4, -0.2) is 40.3 Å². The summed E-state index contributed by atoms with van der Waals surface area (Å²) in [5, 5.41) is 13.2. The van der Waals surface area contributed by atoms with Crippen molar-refractivity contribution < 1.29 is 27.6 Å². The average Bonchev–Trinajstić information content (AvgIpc) is 3.12. The minimum atomic E-state index is -4.60. The Hall–Kier alpha value is -1.87. The van der Waals surface area contributed by atoms with Crippen molar-refractivity contribution in [2.24, 2.45) is 0 Å². The second kappa shape index (κ2) is 6.21. The Bertz CT molecular complexity index is 753. The third-order valence-electron chi connectivity index (χ3n) is 3.92. The van der Waals surface area contributed by atoms with Crippen molar-refractivity contribution in [2.75, 3.05) is 13.1 Å². The highest BCUT2D eigenvalue weighted by Gasteiger charge is 2.39. The summed E-state index contributed by atoms with van der Waals surface area (Å²) in [7, 11) is 0. The summed E-state index contributed by atoms with van der Waals surface area (Å²) in [4.78, 5) is 14.8. The zero-order valence-corrected chi connectivity index (χ0v) is 13.6. The average molecular weight is 360 g/mol. The SMILES string of the molecule is Cc1c(-c2ccc(C(=O)N3CCC[C@@H](O)C3)s2)noc1C(F)(F)F. The lowest BCUT2D eigenvalue weighted by molar-refractivity contribution is -0.156. The fourth-order valence-electron chi connectivity index (χ4n) is 2.71. The molecule has 0 unspecified atom stereocenters. The lowest BCUT2D eigenvalue weighted by Gasteiger charge is -2.29. The van der Waals surface area contributed by atoms with E-state index in [4.69, 9.17) is 0 Å². The quantitative estimate of drug-likeness (QED) is 0.892. The number of alkyl halides is 3. The molecule has 0 radical (unpaired) electrons. The fraction of sp³-hybridized carbons (Fsp3) is 0.467. The van der Waals surface area contributed by atoms with Gasteiger partial charge in [0.2, 0.25) is 5.76 Å². The molecule has 1 amide bonds. The summed E-state index contributed by atoms with van der Waals surface area (Å²) < 4.78 is 42.7. The monoisotopic (exact) mass is 360 g/mol. The van der Waals surface area contributed by atoms with Crippen LogP contribution in [0.3, 0.4) is 0 Å². The summed E-state index contributed by atoms with van der Waals surface area (Å²) >= 11 is 1.06. The van der Waals surface area contributed by atoms with E-state index in [9.17, 15) is 23.1 Å². The minimum Gasteiger partial charge on any atom is -0.391 e. The molecular formula is C15H15F3N2O3S. The van der Waals surface area contributed by atoms with Gasteiger partial charge in [0, 0.05) is 18.7 Å². The van der Waals surface area contributed by atoms with E-state index in [0.29, 0.717) is 22.7 Å². The molecule has 0 spiro atoms. The first-order valence-corrected chi connectivity index (χ1v) is 8.20. The van der Waals surface area contributed by atoms with Gasteiger partial charge in [-0.2, -0.15) is 13.2 Å². The Balaban J connectivity index is 1.83. The van der Waals surface area contributed by atoms with Crippen LogP contribution in [0.15, 0.2) is 16.7 Å². The summed E-state index contributed by atoms with van der Waals surface area (Å²) in [6, 6.07) is 3.12. The van der Waals surface area contributed by atoms with Crippen LogP contribution < -0.4 is 0 Å². The lowest BCUT2D eigenvalue weighted by atomic mass is 10.1. The van der Waals surface area contributed by atoms with Crippen LogP contribution in [0.5, 0.6) is 0 Å². The molecule has 1 atom stereocenters. The van der Waals surface area contributed by atoms with Crippen LogP contribution in [0.1, 0.15) is 33.8 Å². The second-order valence-corrected chi connectivity index (χ2v) is 6.78. The zero-order chi connectivity index (χ0) is 17.5. The summed E-state index contributed by atoms with van der Waals surface area (Å²) in [5.74, 6) is -1.36. The number of aliphatic hydroxyl groups is 1. The molecule has 0 aromatic carbocycles. The number of halogens is 3. The normalized spacial score (nSPS) is 18.9. The van der Waals surface area contributed by atoms with Gasteiger partial charge in [0.25, 0.3) is 5.91 Å². The van der Waals surface area contributed by atoms with Crippen molar-refractivity contribution in [3.8, 4) is 10.6 Å². The molecule has 5 nitrogen and oxygen atoms in total. The molecule has 0 aliphatic carbocycles. The van der Waals surface area contributed by atoms with Crippen molar-refractivity contribution in [1.29, 1.82) is 0 Å². The van der Waals surface area contributed by atoms with E-state index in [2.05, 4.69) is 9.68 Å². The minimum absolute atomic E-state index is 0.0880. The number of β-amino-alcohol motifs (C(OH)–C–C–N with tert-alkyl or cyclic N) is 1. The molecule has 1 aliphatic heterocycles. The topological polar surface area (TPSA) is 66.6 Å². The van der Waals surface area contributed by atoms with Crippen LogP contribution in [0.2, 0.25) is 0 Å². The number of carbonyl (C=O) groups excluding carboxylic acids is 1. The molecule has 1 fully saturated rings. The second-order valence-electron chi connectivity index (χ2n) is 5.69. The Morgan fingerprint density at radius 2 is 2.21 bits per heavy atom. The van der Waals surface area contributed by atoms with Gasteiger partial charge in [-0.15, -0.1) is 11.3 Å². The van der Waals surface area contributed by atoms with E-state index in [0.717, 1.165) is 17.8 Å². The van der Waals surface area contributed by atoms with Crippen molar-refractivity contribution >= 4 is 17.2 Å². The number of rotatable bonds is 2. The number of carbonyl (C=O) groups is 1.